The lowest BCUT2D eigenvalue weighted by Gasteiger charge is -2.19. The van der Waals surface area contributed by atoms with Gasteiger partial charge in [-0.2, -0.15) is 0 Å². The second kappa shape index (κ2) is 62.9. The fraction of sp³-hybridized carbons (Fsp3) is 0.910. The number of aliphatic hydroxyl groups is 2. The Labute approximate surface area is 456 Å². The number of carbonyl (C=O) groups excluding carboxylic acids is 2. The largest absolute Gasteiger partial charge is 0.466 e. The lowest BCUT2D eigenvalue weighted by atomic mass is 10.0. The highest BCUT2D eigenvalue weighted by Gasteiger charge is 2.18. The molecule has 0 aliphatic heterocycles. The number of hydrogen-bond acceptors (Lipinski definition) is 5. The number of esters is 1. The van der Waals surface area contributed by atoms with Gasteiger partial charge in [0, 0.05) is 12.8 Å². The second-order valence-corrected chi connectivity index (χ2v) is 22.8. The van der Waals surface area contributed by atoms with E-state index in [1.807, 2.05) is 6.08 Å². The Kier molecular flexibility index (Phi) is 61.4. The minimum atomic E-state index is -0.863. The Bertz CT molecular complexity index is 1140. The molecule has 0 spiro atoms. The van der Waals surface area contributed by atoms with Crippen molar-refractivity contribution in [3.05, 3.63) is 24.3 Å². The number of ether oxygens (including phenoxy) is 1. The van der Waals surface area contributed by atoms with E-state index in [0.717, 1.165) is 70.6 Å². The van der Waals surface area contributed by atoms with Gasteiger partial charge in [0.25, 0.3) is 0 Å². The molecule has 0 fully saturated rings. The van der Waals surface area contributed by atoms with Gasteiger partial charge in [-0.3, -0.25) is 9.59 Å². The Morgan fingerprint density at radius 1 is 0.370 bits per heavy atom. The SMILES string of the molecule is CCCCCCCCCCCCCCCCCCCCCCCC/C=C/C(O)C(CO)NC(=O)CCCCC/C=C\CCCCCCCCOC(=O)CCCCCCCCCCCCCCCCCCCCC. The number of hydrogen-bond donors (Lipinski definition) is 3. The minimum absolute atomic E-state index is 0.00824. The Hall–Kier alpha value is -1.66. The van der Waals surface area contributed by atoms with E-state index in [1.165, 1.54) is 270 Å². The van der Waals surface area contributed by atoms with Crippen molar-refractivity contribution in [2.24, 2.45) is 0 Å². The fourth-order valence-corrected chi connectivity index (χ4v) is 10.4. The molecule has 2 unspecified atom stereocenters. The van der Waals surface area contributed by atoms with Crippen molar-refractivity contribution in [2.45, 2.75) is 379 Å². The first-order valence-corrected chi connectivity index (χ1v) is 33.1. The average Bonchev–Trinajstić information content (AvgIpc) is 3.39. The average molecular weight is 1030 g/mol. The number of unbranched alkanes of at least 4 members (excludes halogenated alkanes) is 49. The van der Waals surface area contributed by atoms with Gasteiger partial charge in [0.15, 0.2) is 0 Å². The molecule has 0 bridgehead atoms. The zero-order valence-corrected chi connectivity index (χ0v) is 49.4. The minimum Gasteiger partial charge on any atom is -0.466 e. The normalized spacial score (nSPS) is 12.7. The number of carbonyl (C=O) groups is 2. The maximum absolute atomic E-state index is 12.5. The van der Waals surface area contributed by atoms with Crippen LogP contribution in [0.25, 0.3) is 0 Å². The number of nitrogens with one attached hydrogen (secondary N) is 1. The molecule has 0 aromatic rings. The van der Waals surface area contributed by atoms with Crippen LogP contribution in [-0.2, 0) is 14.3 Å². The molecule has 2 atom stereocenters. The third-order valence-corrected chi connectivity index (χ3v) is 15.5. The van der Waals surface area contributed by atoms with Gasteiger partial charge in [-0.15, -0.1) is 0 Å². The lowest BCUT2D eigenvalue weighted by molar-refractivity contribution is -0.143. The maximum Gasteiger partial charge on any atom is 0.305 e. The summed E-state index contributed by atoms with van der Waals surface area (Å²) < 4.78 is 5.49. The van der Waals surface area contributed by atoms with Crippen molar-refractivity contribution < 1.29 is 24.5 Å². The third kappa shape index (κ3) is 59.4. The Morgan fingerprint density at radius 2 is 0.644 bits per heavy atom. The van der Waals surface area contributed by atoms with Crippen LogP contribution in [0.2, 0.25) is 0 Å². The molecule has 0 aliphatic carbocycles. The van der Waals surface area contributed by atoms with Crippen LogP contribution < -0.4 is 5.32 Å². The van der Waals surface area contributed by atoms with Crippen LogP contribution in [0.5, 0.6) is 0 Å². The zero-order chi connectivity index (χ0) is 52.9. The van der Waals surface area contributed by atoms with Gasteiger partial charge < -0.3 is 20.3 Å². The van der Waals surface area contributed by atoms with E-state index in [9.17, 15) is 19.8 Å². The van der Waals surface area contributed by atoms with Crippen molar-refractivity contribution in [1.29, 1.82) is 0 Å². The number of rotatable bonds is 62. The van der Waals surface area contributed by atoms with Crippen molar-refractivity contribution >= 4 is 11.9 Å². The summed E-state index contributed by atoms with van der Waals surface area (Å²) in [7, 11) is 0. The van der Waals surface area contributed by atoms with E-state index in [0.29, 0.717) is 19.4 Å². The number of allylic oxidation sites excluding steroid dienone is 3. The van der Waals surface area contributed by atoms with Gasteiger partial charge >= 0.3 is 5.97 Å². The summed E-state index contributed by atoms with van der Waals surface area (Å²) in [5.74, 6) is -0.102. The molecular formula is C67H129NO5. The molecule has 73 heavy (non-hydrogen) atoms. The Morgan fingerprint density at radius 3 is 0.986 bits per heavy atom. The molecule has 6 heteroatoms. The lowest BCUT2D eigenvalue weighted by Crippen LogP contribution is -2.45. The molecule has 0 radical (unpaired) electrons. The summed E-state index contributed by atoms with van der Waals surface area (Å²) in [6.07, 6.45) is 78.0. The maximum atomic E-state index is 12.5. The summed E-state index contributed by atoms with van der Waals surface area (Å²) in [6.45, 7) is 4.90. The first-order valence-electron chi connectivity index (χ1n) is 33.1. The van der Waals surface area contributed by atoms with Crippen LogP contribution in [0.3, 0.4) is 0 Å². The predicted molar refractivity (Wildman–Crippen MR) is 320 cm³/mol. The van der Waals surface area contributed by atoms with Gasteiger partial charge in [-0.25, -0.2) is 0 Å². The summed E-state index contributed by atoms with van der Waals surface area (Å²) in [6, 6.07) is -0.649. The summed E-state index contributed by atoms with van der Waals surface area (Å²) in [5, 5.41) is 23.2. The van der Waals surface area contributed by atoms with Crippen LogP contribution in [0.1, 0.15) is 367 Å². The summed E-state index contributed by atoms with van der Waals surface area (Å²) in [4.78, 5) is 24.6. The van der Waals surface area contributed by atoms with E-state index in [-0.39, 0.29) is 18.5 Å². The smallest absolute Gasteiger partial charge is 0.305 e. The topological polar surface area (TPSA) is 95.9 Å². The molecular weight excluding hydrogens is 899 g/mol. The van der Waals surface area contributed by atoms with Gasteiger partial charge in [0.05, 0.1) is 25.4 Å². The highest BCUT2D eigenvalue weighted by molar-refractivity contribution is 5.76. The van der Waals surface area contributed by atoms with Crippen LogP contribution >= 0.6 is 0 Å². The second-order valence-electron chi connectivity index (χ2n) is 22.8. The third-order valence-electron chi connectivity index (χ3n) is 15.5. The molecule has 0 aliphatic rings. The monoisotopic (exact) mass is 1030 g/mol. The quantitative estimate of drug-likeness (QED) is 0.0320. The van der Waals surface area contributed by atoms with E-state index in [1.54, 1.807) is 6.08 Å². The van der Waals surface area contributed by atoms with Crippen LogP contribution in [-0.4, -0.2) is 47.4 Å². The molecule has 0 saturated heterocycles. The van der Waals surface area contributed by atoms with Crippen molar-refractivity contribution in [2.75, 3.05) is 13.2 Å². The molecule has 0 aromatic heterocycles. The van der Waals surface area contributed by atoms with Crippen molar-refractivity contribution in [3.8, 4) is 0 Å². The summed E-state index contributed by atoms with van der Waals surface area (Å²) in [5.41, 5.74) is 0. The van der Waals surface area contributed by atoms with Gasteiger partial charge in [-0.05, 0) is 57.8 Å². The highest BCUT2D eigenvalue weighted by atomic mass is 16.5. The van der Waals surface area contributed by atoms with Crippen LogP contribution in [0.4, 0.5) is 0 Å². The first-order chi connectivity index (χ1) is 36.0. The predicted octanol–water partition coefficient (Wildman–Crippen LogP) is 21.0. The number of aliphatic hydroxyl groups excluding tert-OH is 2. The van der Waals surface area contributed by atoms with E-state index in [4.69, 9.17) is 4.74 Å². The molecule has 3 N–H and O–H groups in total. The van der Waals surface area contributed by atoms with E-state index < -0.39 is 12.1 Å². The van der Waals surface area contributed by atoms with E-state index >= 15 is 0 Å². The highest BCUT2D eigenvalue weighted by Crippen LogP contribution is 2.18. The molecule has 0 aromatic carbocycles. The standard InChI is InChI=1S/C67H129NO5/c1-3-5-7-9-11-13-15-17-19-21-23-24-25-26-27-29-30-32-35-39-43-47-51-55-59-65(70)64(63-69)68-66(71)60-56-52-48-44-40-36-34-38-42-46-50-54-58-62-73-67(72)61-57-53-49-45-41-37-33-31-28-22-20-18-16-14-12-10-8-6-4-2/h36,40,55,59,64-65,69-70H,3-35,37-39,41-54,56-58,60-63H2,1-2H3,(H,68,71)/b40-36-,59-55+. The Balaban J connectivity index is 3.48. The first kappa shape index (κ1) is 71.3. The zero-order valence-electron chi connectivity index (χ0n) is 49.4. The molecule has 1 amide bonds. The van der Waals surface area contributed by atoms with Gasteiger partial charge in [-0.1, -0.05) is 321 Å². The van der Waals surface area contributed by atoms with Crippen molar-refractivity contribution in [1.82, 2.24) is 5.32 Å². The number of amides is 1. The fourth-order valence-electron chi connectivity index (χ4n) is 10.4. The molecule has 6 nitrogen and oxygen atoms in total. The molecule has 0 rings (SSSR count). The molecule has 0 saturated carbocycles. The van der Waals surface area contributed by atoms with E-state index in [2.05, 4.69) is 31.3 Å². The van der Waals surface area contributed by atoms with Gasteiger partial charge in [0.2, 0.25) is 5.91 Å². The molecule has 0 heterocycles. The van der Waals surface area contributed by atoms with Crippen LogP contribution in [0.15, 0.2) is 24.3 Å². The summed E-state index contributed by atoms with van der Waals surface area (Å²) >= 11 is 0. The van der Waals surface area contributed by atoms with Crippen LogP contribution in [0, 0.1) is 0 Å². The molecule has 432 valence electrons. The van der Waals surface area contributed by atoms with Crippen molar-refractivity contribution in [3.63, 3.8) is 0 Å². The van der Waals surface area contributed by atoms with Gasteiger partial charge in [0.1, 0.15) is 0 Å².